The average molecular weight is 313 g/mol. The van der Waals surface area contributed by atoms with Gasteiger partial charge in [0.25, 0.3) is 5.91 Å². The van der Waals surface area contributed by atoms with Crippen molar-refractivity contribution in [1.82, 2.24) is 5.32 Å². The SMILES string of the molecule is CCCS(=O)(=O)c1ccccc1C(=O)NC(C)CC(=O)O. The standard InChI is InChI=1S/C14H19NO5S/c1-3-8-21(19,20)12-7-5-4-6-11(12)14(18)15-10(2)9-13(16)17/h4-7,10H,3,8-9H2,1-2H3,(H,15,18)(H,16,17). The van der Waals surface area contributed by atoms with Gasteiger partial charge < -0.3 is 10.4 Å². The normalized spacial score (nSPS) is 12.7. The van der Waals surface area contributed by atoms with Crippen LogP contribution < -0.4 is 5.32 Å². The van der Waals surface area contributed by atoms with Crippen LogP contribution in [0.2, 0.25) is 0 Å². The zero-order chi connectivity index (χ0) is 16.0. The van der Waals surface area contributed by atoms with Crippen LogP contribution in [-0.4, -0.2) is 37.2 Å². The van der Waals surface area contributed by atoms with Gasteiger partial charge in [0.05, 0.1) is 22.6 Å². The number of hydrogen-bond donors (Lipinski definition) is 2. The first-order valence-corrected chi connectivity index (χ1v) is 8.27. The summed E-state index contributed by atoms with van der Waals surface area (Å²) in [5, 5.41) is 11.2. The molecule has 0 spiro atoms. The number of nitrogens with one attached hydrogen (secondary N) is 1. The predicted molar refractivity (Wildman–Crippen MR) is 78.0 cm³/mol. The first-order chi connectivity index (χ1) is 9.77. The maximum absolute atomic E-state index is 12.1. The Balaban J connectivity index is 3.03. The van der Waals surface area contributed by atoms with Crippen LogP contribution in [0.3, 0.4) is 0 Å². The van der Waals surface area contributed by atoms with E-state index in [1.165, 1.54) is 12.1 Å². The molecule has 0 aliphatic carbocycles. The van der Waals surface area contributed by atoms with Crippen molar-refractivity contribution in [2.24, 2.45) is 0 Å². The lowest BCUT2D eigenvalue weighted by Crippen LogP contribution is -2.35. The van der Waals surface area contributed by atoms with E-state index in [4.69, 9.17) is 5.11 Å². The Kier molecular flexibility index (Phi) is 5.90. The lowest BCUT2D eigenvalue weighted by Gasteiger charge is -2.14. The molecule has 0 aromatic heterocycles. The van der Waals surface area contributed by atoms with Crippen LogP contribution in [0.5, 0.6) is 0 Å². The molecule has 0 aliphatic heterocycles. The molecule has 0 saturated carbocycles. The van der Waals surface area contributed by atoms with Crippen LogP contribution in [0.4, 0.5) is 0 Å². The summed E-state index contributed by atoms with van der Waals surface area (Å²) in [5.74, 6) is -1.66. The van der Waals surface area contributed by atoms with E-state index >= 15 is 0 Å². The summed E-state index contributed by atoms with van der Waals surface area (Å²) >= 11 is 0. The molecule has 0 fully saturated rings. The van der Waals surface area contributed by atoms with E-state index in [1.54, 1.807) is 26.0 Å². The predicted octanol–water partition coefficient (Wildman–Crippen LogP) is 1.46. The van der Waals surface area contributed by atoms with E-state index in [2.05, 4.69) is 5.32 Å². The Bertz CT molecular complexity index is 624. The van der Waals surface area contributed by atoms with Gasteiger partial charge in [-0.25, -0.2) is 8.42 Å². The number of benzene rings is 1. The third-order valence-corrected chi connectivity index (χ3v) is 4.77. The molecule has 0 bridgehead atoms. The number of carboxylic acid groups (broad SMARTS) is 1. The van der Waals surface area contributed by atoms with Gasteiger partial charge in [-0.2, -0.15) is 0 Å². The highest BCUT2D eigenvalue weighted by Gasteiger charge is 2.22. The maximum Gasteiger partial charge on any atom is 0.305 e. The van der Waals surface area contributed by atoms with Crippen molar-refractivity contribution < 1.29 is 23.1 Å². The smallest absolute Gasteiger partial charge is 0.305 e. The van der Waals surface area contributed by atoms with Crippen molar-refractivity contribution in [3.05, 3.63) is 29.8 Å². The Morgan fingerprint density at radius 1 is 1.29 bits per heavy atom. The van der Waals surface area contributed by atoms with E-state index in [0.717, 1.165) is 0 Å². The topological polar surface area (TPSA) is 101 Å². The molecule has 0 radical (unpaired) electrons. The third kappa shape index (κ3) is 4.86. The van der Waals surface area contributed by atoms with Gasteiger partial charge in [-0.15, -0.1) is 0 Å². The average Bonchev–Trinajstić information content (AvgIpc) is 2.37. The number of carbonyl (C=O) groups excluding carboxylic acids is 1. The molecule has 1 atom stereocenters. The maximum atomic E-state index is 12.1. The van der Waals surface area contributed by atoms with Gasteiger partial charge in [0.1, 0.15) is 0 Å². The molecule has 0 aliphatic rings. The van der Waals surface area contributed by atoms with Crippen LogP contribution in [0, 0.1) is 0 Å². The number of sulfone groups is 1. The summed E-state index contributed by atoms with van der Waals surface area (Å²) in [7, 11) is -3.52. The lowest BCUT2D eigenvalue weighted by atomic mass is 10.2. The molecule has 116 valence electrons. The van der Waals surface area contributed by atoms with Gasteiger partial charge in [0, 0.05) is 6.04 Å². The molecule has 7 heteroatoms. The molecule has 21 heavy (non-hydrogen) atoms. The molecular formula is C14H19NO5S. The second-order valence-corrected chi connectivity index (χ2v) is 6.86. The minimum Gasteiger partial charge on any atom is -0.481 e. The van der Waals surface area contributed by atoms with Crippen LogP contribution in [-0.2, 0) is 14.6 Å². The zero-order valence-electron chi connectivity index (χ0n) is 12.0. The number of rotatable bonds is 7. The quantitative estimate of drug-likeness (QED) is 0.793. The molecule has 0 heterocycles. The Hall–Kier alpha value is -1.89. The van der Waals surface area contributed by atoms with Crippen LogP contribution in [0.1, 0.15) is 37.0 Å². The molecule has 1 aromatic rings. The number of carboxylic acids is 1. The van der Waals surface area contributed by atoms with E-state index in [0.29, 0.717) is 6.42 Å². The fourth-order valence-electron chi connectivity index (χ4n) is 1.92. The van der Waals surface area contributed by atoms with Crippen LogP contribution in [0.15, 0.2) is 29.2 Å². The molecule has 2 N–H and O–H groups in total. The lowest BCUT2D eigenvalue weighted by molar-refractivity contribution is -0.137. The summed E-state index contributed by atoms with van der Waals surface area (Å²) in [6, 6.07) is 5.35. The largest absolute Gasteiger partial charge is 0.481 e. The second-order valence-electron chi connectivity index (χ2n) is 4.79. The van der Waals surface area contributed by atoms with E-state index in [1.807, 2.05) is 0 Å². The third-order valence-electron chi connectivity index (χ3n) is 2.80. The zero-order valence-corrected chi connectivity index (χ0v) is 12.8. The highest BCUT2D eigenvalue weighted by molar-refractivity contribution is 7.91. The Labute approximate surface area is 124 Å². The number of amides is 1. The molecule has 0 saturated heterocycles. The first-order valence-electron chi connectivity index (χ1n) is 6.62. The van der Waals surface area contributed by atoms with Gasteiger partial charge in [0.2, 0.25) is 0 Å². The monoisotopic (exact) mass is 313 g/mol. The van der Waals surface area contributed by atoms with Gasteiger partial charge in [0.15, 0.2) is 9.84 Å². The molecule has 6 nitrogen and oxygen atoms in total. The minimum atomic E-state index is -3.52. The molecule has 1 aromatic carbocycles. The van der Waals surface area contributed by atoms with Crippen LogP contribution in [0.25, 0.3) is 0 Å². The van der Waals surface area contributed by atoms with Crippen molar-refractivity contribution in [2.75, 3.05) is 5.75 Å². The molecule has 1 amide bonds. The van der Waals surface area contributed by atoms with E-state index in [9.17, 15) is 18.0 Å². The van der Waals surface area contributed by atoms with Crippen molar-refractivity contribution in [2.45, 2.75) is 37.6 Å². The summed E-state index contributed by atoms with van der Waals surface area (Å²) in [6.07, 6.45) is 0.226. The van der Waals surface area contributed by atoms with Gasteiger partial charge in [-0.3, -0.25) is 9.59 Å². The van der Waals surface area contributed by atoms with E-state index < -0.39 is 27.8 Å². The first kappa shape index (κ1) is 17.2. The number of aliphatic carboxylic acids is 1. The highest BCUT2D eigenvalue weighted by Crippen LogP contribution is 2.18. The fourth-order valence-corrected chi connectivity index (χ4v) is 3.46. The highest BCUT2D eigenvalue weighted by atomic mass is 32.2. The van der Waals surface area contributed by atoms with Gasteiger partial charge in [-0.1, -0.05) is 19.1 Å². The van der Waals surface area contributed by atoms with Crippen LogP contribution >= 0.6 is 0 Å². The van der Waals surface area contributed by atoms with Crippen molar-refractivity contribution in [1.29, 1.82) is 0 Å². The van der Waals surface area contributed by atoms with Crippen molar-refractivity contribution in [3.63, 3.8) is 0 Å². The summed E-state index contributed by atoms with van der Waals surface area (Å²) in [5.41, 5.74) is 0.0446. The second kappa shape index (κ2) is 7.21. The summed E-state index contributed by atoms with van der Waals surface area (Å²) < 4.78 is 24.3. The summed E-state index contributed by atoms with van der Waals surface area (Å²) in [4.78, 5) is 22.7. The number of hydrogen-bond acceptors (Lipinski definition) is 4. The molecular weight excluding hydrogens is 294 g/mol. The molecule has 1 rings (SSSR count). The molecule has 1 unspecified atom stereocenters. The van der Waals surface area contributed by atoms with Gasteiger partial charge >= 0.3 is 5.97 Å². The van der Waals surface area contributed by atoms with Crippen molar-refractivity contribution in [3.8, 4) is 0 Å². The Morgan fingerprint density at radius 3 is 2.48 bits per heavy atom. The number of carbonyl (C=O) groups is 2. The fraction of sp³-hybridized carbons (Fsp3) is 0.429. The van der Waals surface area contributed by atoms with E-state index in [-0.39, 0.29) is 22.6 Å². The van der Waals surface area contributed by atoms with Gasteiger partial charge in [-0.05, 0) is 25.5 Å². The Morgan fingerprint density at radius 2 is 1.90 bits per heavy atom. The van der Waals surface area contributed by atoms with Crippen molar-refractivity contribution >= 4 is 21.7 Å². The minimum absolute atomic E-state index is 0.0214. The summed E-state index contributed by atoms with van der Waals surface area (Å²) in [6.45, 7) is 3.30.